The van der Waals surface area contributed by atoms with Crippen molar-refractivity contribution in [3.05, 3.63) is 97.2 Å². The molecule has 0 aliphatic rings. The maximum atomic E-state index is 13.0. The predicted octanol–water partition coefficient (Wildman–Crippen LogP) is 24.8. The Balaban J connectivity index is 4.28. The summed E-state index contributed by atoms with van der Waals surface area (Å²) < 4.78 is 17.0. The molecular formula is C77H134O6. The lowest BCUT2D eigenvalue weighted by Crippen LogP contribution is -2.30. The monoisotopic (exact) mass is 1160 g/mol. The second kappa shape index (κ2) is 70.8. The molecule has 0 bridgehead atoms. The van der Waals surface area contributed by atoms with E-state index in [1.807, 2.05) is 0 Å². The normalized spacial score (nSPS) is 12.7. The van der Waals surface area contributed by atoms with Crippen molar-refractivity contribution < 1.29 is 28.6 Å². The van der Waals surface area contributed by atoms with Crippen LogP contribution in [0.4, 0.5) is 0 Å². The van der Waals surface area contributed by atoms with Crippen LogP contribution in [0.1, 0.15) is 355 Å². The minimum atomic E-state index is -0.784. The summed E-state index contributed by atoms with van der Waals surface area (Å²) in [5.41, 5.74) is 0. The average Bonchev–Trinajstić information content (AvgIpc) is 3.49. The predicted molar refractivity (Wildman–Crippen MR) is 362 cm³/mol. The fourth-order valence-corrected chi connectivity index (χ4v) is 10.2. The number of allylic oxidation sites excluding steroid dienone is 16. The lowest BCUT2D eigenvalue weighted by molar-refractivity contribution is -0.167. The molecule has 0 aliphatic heterocycles. The van der Waals surface area contributed by atoms with Crippen LogP contribution in [0.5, 0.6) is 0 Å². The van der Waals surface area contributed by atoms with E-state index in [9.17, 15) is 14.4 Å². The largest absolute Gasteiger partial charge is 0.462 e. The van der Waals surface area contributed by atoms with Crippen LogP contribution in [0.3, 0.4) is 0 Å². The zero-order valence-corrected chi connectivity index (χ0v) is 54.9. The van der Waals surface area contributed by atoms with Gasteiger partial charge in [-0.3, -0.25) is 14.4 Å². The van der Waals surface area contributed by atoms with Crippen molar-refractivity contribution in [1.29, 1.82) is 0 Å². The van der Waals surface area contributed by atoms with E-state index in [4.69, 9.17) is 14.2 Å². The Kier molecular flexibility index (Phi) is 67.7. The molecule has 0 aromatic carbocycles. The first kappa shape index (κ1) is 79.3. The summed E-state index contributed by atoms with van der Waals surface area (Å²) in [6.07, 6.45) is 95.7. The third-order valence-corrected chi connectivity index (χ3v) is 15.6. The van der Waals surface area contributed by atoms with Gasteiger partial charge < -0.3 is 14.2 Å². The summed E-state index contributed by atoms with van der Waals surface area (Å²) in [5, 5.41) is 0. The SMILES string of the molecule is CC/C=C\C/C=C\C/C=C\C/C=C\C/C=C\CCCCCCCCCC(=O)OC(COC(=O)CCCCCCCCCCCCCCC)COC(=O)CCCCCCCCCCCCCCCC/C=C\C/C=C\C/C=C\CCCCCCC. The molecule has 1 unspecified atom stereocenters. The van der Waals surface area contributed by atoms with Gasteiger partial charge in [0.05, 0.1) is 0 Å². The van der Waals surface area contributed by atoms with Gasteiger partial charge in [-0.25, -0.2) is 0 Å². The quantitative estimate of drug-likeness (QED) is 0.0261. The molecule has 0 rings (SSSR count). The molecule has 478 valence electrons. The highest BCUT2D eigenvalue weighted by atomic mass is 16.6. The Labute approximate surface area is 515 Å². The molecule has 0 spiro atoms. The second-order valence-corrected chi connectivity index (χ2v) is 23.8. The molecule has 0 saturated heterocycles. The van der Waals surface area contributed by atoms with Gasteiger partial charge in [-0.1, -0.05) is 330 Å². The van der Waals surface area contributed by atoms with Gasteiger partial charge in [0.2, 0.25) is 0 Å². The number of rotatable bonds is 65. The van der Waals surface area contributed by atoms with Gasteiger partial charge in [-0.2, -0.15) is 0 Å². The first-order chi connectivity index (χ1) is 41.0. The number of unbranched alkanes of at least 4 members (excludes halogenated alkanes) is 38. The minimum Gasteiger partial charge on any atom is -0.462 e. The third kappa shape index (κ3) is 69.0. The zero-order chi connectivity index (χ0) is 59.9. The molecule has 0 amide bonds. The molecule has 6 nitrogen and oxygen atoms in total. The molecule has 0 heterocycles. The van der Waals surface area contributed by atoms with E-state index in [2.05, 4.69) is 118 Å². The summed E-state index contributed by atoms with van der Waals surface area (Å²) in [7, 11) is 0. The summed E-state index contributed by atoms with van der Waals surface area (Å²) in [4.78, 5) is 38.4. The average molecular weight is 1160 g/mol. The van der Waals surface area contributed by atoms with Crippen LogP contribution in [0.25, 0.3) is 0 Å². The molecule has 0 saturated carbocycles. The van der Waals surface area contributed by atoms with Crippen molar-refractivity contribution in [2.75, 3.05) is 13.2 Å². The minimum absolute atomic E-state index is 0.0786. The van der Waals surface area contributed by atoms with Gasteiger partial charge in [0.25, 0.3) is 0 Å². The van der Waals surface area contributed by atoms with E-state index in [0.29, 0.717) is 19.3 Å². The second-order valence-electron chi connectivity index (χ2n) is 23.8. The maximum Gasteiger partial charge on any atom is 0.306 e. The third-order valence-electron chi connectivity index (χ3n) is 15.6. The Morgan fingerprint density at radius 1 is 0.253 bits per heavy atom. The van der Waals surface area contributed by atoms with Crippen LogP contribution in [-0.2, 0) is 28.6 Å². The Morgan fingerprint density at radius 2 is 0.470 bits per heavy atom. The van der Waals surface area contributed by atoms with Gasteiger partial charge in [-0.05, 0) is 103 Å². The highest BCUT2D eigenvalue weighted by Gasteiger charge is 2.19. The highest BCUT2D eigenvalue weighted by Crippen LogP contribution is 2.17. The van der Waals surface area contributed by atoms with Crippen LogP contribution in [0.2, 0.25) is 0 Å². The van der Waals surface area contributed by atoms with Crippen molar-refractivity contribution in [3.63, 3.8) is 0 Å². The molecular weight excluding hydrogens is 1020 g/mol. The molecule has 0 radical (unpaired) electrons. The fraction of sp³-hybridized carbons (Fsp3) is 0.753. The van der Waals surface area contributed by atoms with E-state index < -0.39 is 6.10 Å². The van der Waals surface area contributed by atoms with E-state index in [1.54, 1.807) is 0 Å². The molecule has 0 aliphatic carbocycles. The number of carbonyl (C=O) groups is 3. The first-order valence-corrected chi connectivity index (χ1v) is 35.7. The molecule has 0 fully saturated rings. The van der Waals surface area contributed by atoms with E-state index >= 15 is 0 Å². The Bertz CT molecular complexity index is 1610. The van der Waals surface area contributed by atoms with Crippen LogP contribution >= 0.6 is 0 Å². The Morgan fingerprint density at radius 3 is 0.735 bits per heavy atom. The van der Waals surface area contributed by atoms with Gasteiger partial charge in [0.1, 0.15) is 13.2 Å². The lowest BCUT2D eigenvalue weighted by atomic mass is 10.0. The van der Waals surface area contributed by atoms with Crippen molar-refractivity contribution in [1.82, 2.24) is 0 Å². The smallest absolute Gasteiger partial charge is 0.306 e. The van der Waals surface area contributed by atoms with E-state index in [-0.39, 0.29) is 31.1 Å². The van der Waals surface area contributed by atoms with Crippen molar-refractivity contribution >= 4 is 17.9 Å². The number of esters is 3. The van der Waals surface area contributed by atoms with E-state index in [1.165, 1.54) is 205 Å². The van der Waals surface area contributed by atoms with Gasteiger partial charge in [-0.15, -0.1) is 0 Å². The summed E-state index contributed by atoms with van der Waals surface area (Å²) >= 11 is 0. The maximum absolute atomic E-state index is 13.0. The first-order valence-electron chi connectivity index (χ1n) is 35.7. The van der Waals surface area contributed by atoms with Crippen LogP contribution in [0, 0.1) is 0 Å². The van der Waals surface area contributed by atoms with Gasteiger partial charge in [0, 0.05) is 19.3 Å². The molecule has 0 N–H and O–H groups in total. The lowest BCUT2D eigenvalue weighted by Gasteiger charge is -2.18. The number of hydrogen-bond acceptors (Lipinski definition) is 6. The fourth-order valence-electron chi connectivity index (χ4n) is 10.2. The summed E-state index contributed by atoms with van der Waals surface area (Å²) in [6.45, 7) is 6.55. The topological polar surface area (TPSA) is 78.9 Å². The highest BCUT2D eigenvalue weighted by molar-refractivity contribution is 5.71. The number of hydrogen-bond donors (Lipinski definition) is 0. The van der Waals surface area contributed by atoms with Gasteiger partial charge >= 0.3 is 17.9 Å². The molecule has 1 atom stereocenters. The number of ether oxygens (including phenoxy) is 3. The van der Waals surface area contributed by atoms with E-state index in [0.717, 1.165) is 109 Å². The standard InChI is InChI=1S/C77H134O6/c1-4-7-10-13-16-19-22-25-27-29-31-33-35-36-37-38-39-40-42-43-45-47-49-52-55-58-61-64-67-70-76(79)82-73-74(72-81-75(78)69-66-63-60-57-54-51-24-21-18-15-12-9-6-3)83-77(80)71-68-65-62-59-56-53-50-48-46-44-41-34-32-30-28-26-23-20-17-14-11-8-5-2/h8,11,17,20,22,25-26,28-29,31-32,34-36,44,46,74H,4-7,9-10,12-16,18-19,21,23-24,27,30,33,37-43,45,47-73H2,1-3H3/b11-8-,20-17-,25-22-,28-26-,31-29-,34-32-,36-35-,46-44-. The molecule has 0 aromatic heterocycles. The Hall–Kier alpha value is -3.67. The molecule has 6 heteroatoms. The van der Waals surface area contributed by atoms with Crippen molar-refractivity contribution in [2.45, 2.75) is 361 Å². The van der Waals surface area contributed by atoms with Gasteiger partial charge in [0.15, 0.2) is 6.10 Å². The van der Waals surface area contributed by atoms with Crippen molar-refractivity contribution in [3.8, 4) is 0 Å². The van der Waals surface area contributed by atoms with Crippen molar-refractivity contribution in [2.24, 2.45) is 0 Å². The van der Waals surface area contributed by atoms with Crippen LogP contribution in [0.15, 0.2) is 97.2 Å². The molecule has 0 aromatic rings. The number of carbonyl (C=O) groups excluding carboxylic acids is 3. The molecule has 83 heavy (non-hydrogen) atoms. The summed E-state index contributed by atoms with van der Waals surface area (Å²) in [5.74, 6) is -0.873. The van der Waals surface area contributed by atoms with Crippen LogP contribution < -0.4 is 0 Å². The van der Waals surface area contributed by atoms with Crippen LogP contribution in [-0.4, -0.2) is 37.2 Å². The summed E-state index contributed by atoms with van der Waals surface area (Å²) in [6, 6.07) is 0. The zero-order valence-electron chi connectivity index (χ0n) is 54.9.